The first-order valence-electron chi connectivity index (χ1n) is 11.3. The van der Waals surface area contributed by atoms with Gasteiger partial charge >= 0.3 is 6.03 Å². The smallest absolute Gasteiger partial charge is 0.322 e. The summed E-state index contributed by atoms with van der Waals surface area (Å²) in [5.74, 6) is -0.294. The standard InChI is InChI=1S/C24H22N6O6/c1-29-17(8-19(31)28-29)14-5-13-6-18(36-20(13)25-9-14)24(22(33)26-23(34)27-24)11-30-10-12-3-4-15(35-2)7-16(12)21(30)32/h3-7,9,17H,8,10-11H2,1-2H3,(H,28,31)(H2,26,27,33,34)/t17?,24-/m0/s1. The number of carbonyl (C=O) groups excluding carboxylic acids is 4. The third-order valence-corrected chi connectivity index (χ3v) is 6.91. The summed E-state index contributed by atoms with van der Waals surface area (Å²) < 4.78 is 11.2. The average Bonchev–Trinajstić information content (AvgIpc) is 3.58. The molecule has 3 aromatic rings. The van der Waals surface area contributed by atoms with Crippen LogP contribution in [0.5, 0.6) is 5.75 Å². The highest BCUT2D eigenvalue weighted by Crippen LogP contribution is 2.36. The van der Waals surface area contributed by atoms with Crippen LogP contribution in [0.3, 0.4) is 0 Å². The van der Waals surface area contributed by atoms with E-state index in [-0.39, 0.29) is 42.4 Å². The highest BCUT2D eigenvalue weighted by atomic mass is 16.5. The number of ether oxygens (including phenoxy) is 1. The zero-order chi connectivity index (χ0) is 25.2. The number of nitrogens with zero attached hydrogens (tertiary/aromatic N) is 3. The van der Waals surface area contributed by atoms with E-state index < -0.39 is 17.5 Å². The SMILES string of the molecule is COc1ccc2c(c1)C(=O)N(C[C@@]1(c3cc4cc(C5CC(=O)NN5C)cnc4o3)NC(=O)NC1=O)C2. The molecule has 184 valence electrons. The summed E-state index contributed by atoms with van der Waals surface area (Å²) in [6.45, 7) is 0.123. The van der Waals surface area contributed by atoms with Gasteiger partial charge in [-0.2, -0.15) is 0 Å². The molecule has 12 nitrogen and oxygen atoms in total. The number of benzene rings is 1. The summed E-state index contributed by atoms with van der Waals surface area (Å²) in [6.07, 6.45) is 1.91. The molecule has 2 atom stereocenters. The first-order valence-corrected chi connectivity index (χ1v) is 11.3. The molecule has 0 saturated carbocycles. The number of hydrazine groups is 1. The van der Waals surface area contributed by atoms with Crippen LogP contribution >= 0.6 is 0 Å². The first-order chi connectivity index (χ1) is 17.3. The van der Waals surface area contributed by atoms with E-state index in [1.54, 1.807) is 42.5 Å². The Kier molecular flexibility index (Phi) is 4.76. The molecular formula is C24H22N6O6. The number of pyridine rings is 1. The second-order valence-electron chi connectivity index (χ2n) is 9.14. The molecule has 6 rings (SSSR count). The maximum atomic E-state index is 13.2. The van der Waals surface area contributed by atoms with Gasteiger partial charge in [-0.15, -0.1) is 0 Å². The van der Waals surface area contributed by atoms with Crippen LogP contribution in [0.15, 0.2) is 40.9 Å². The van der Waals surface area contributed by atoms with E-state index in [9.17, 15) is 19.2 Å². The molecule has 12 heteroatoms. The van der Waals surface area contributed by atoms with Gasteiger partial charge in [0, 0.05) is 37.2 Å². The van der Waals surface area contributed by atoms with Gasteiger partial charge in [0.1, 0.15) is 11.5 Å². The molecule has 36 heavy (non-hydrogen) atoms. The van der Waals surface area contributed by atoms with Gasteiger partial charge in [-0.1, -0.05) is 6.07 Å². The molecule has 0 aliphatic carbocycles. The fraction of sp³-hybridized carbons (Fsp3) is 0.292. The van der Waals surface area contributed by atoms with Crippen molar-refractivity contribution in [2.45, 2.75) is 24.5 Å². The lowest BCUT2D eigenvalue weighted by Gasteiger charge is -2.28. The van der Waals surface area contributed by atoms with Gasteiger partial charge in [-0.05, 0) is 35.4 Å². The lowest BCUT2D eigenvalue weighted by atomic mass is 9.95. The molecule has 2 fully saturated rings. The number of furan rings is 1. The first kappa shape index (κ1) is 22.0. The highest BCUT2D eigenvalue weighted by Gasteiger charge is 2.53. The molecule has 5 heterocycles. The summed E-state index contributed by atoms with van der Waals surface area (Å²) in [5, 5.41) is 7.25. The minimum atomic E-state index is -1.64. The van der Waals surface area contributed by atoms with Gasteiger partial charge in [-0.25, -0.2) is 14.8 Å². The number of methoxy groups -OCH3 is 1. The van der Waals surface area contributed by atoms with Crippen molar-refractivity contribution in [3.05, 3.63) is 59.0 Å². The van der Waals surface area contributed by atoms with Gasteiger partial charge in [0.25, 0.3) is 11.8 Å². The van der Waals surface area contributed by atoms with Crippen molar-refractivity contribution >= 4 is 34.9 Å². The Bertz CT molecular complexity index is 1470. The summed E-state index contributed by atoms with van der Waals surface area (Å²) >= 11 is 0. The Morgan fingerprint density at radius 1 is 1.19 bits per heavy atom. The number of rotatable bonds is 5. The topological polar surface area (TPSA) is 146 Å². The van der Waals surface area contributed by atoms with E-state index in [0.717, 1.165) is 11.1 Å². The quantitative estimate of drug-likeness (QED) is 0.448. The van der Waals surface area contributed by atoms with Gasteiger partial charge in [0.15, 0.2) is 5.54 Å². The number of fused-ring (bicyclic) bond motifs is 2. The summed E-state index contributed by atoms with van der Waals surface area (Å²) in [4.78, 5) is 56.2. The lowest BCUT2D eigenvalue weighted by Crippen LogP contribution is -2.52. The zero-order valence-corrected chi connectivity index (χ0v) is 19.5. The van der Waals surface area contributed by atoms with Crippen molar-refractivity contribution in [2.24, 2.45) is 0 Å². The van der Waals surface area contributed by atoms with Crippen LogP contribution < -0.4 is 20.8 Å². The molecule has 5 amide bonds. The summed E-state index contributed by atoms with van der Waals surface area (Å²) in [6, 6.07) is 7.82. The van der Waals surface area contributed by atoms with E-state index in [0.29, 0.717) is 23.1 Å². The molecule has 3 aliphatic heterocycles. The Morgan fingerprint density at radius 3 is 2.72 bits per heavy atom. The lowest BCUT2D eigenvalue weighted by molar-refractivity contribution is -0.125. The van der Waals surface area contributed by atoms with Crippen LogP contribution in [-0.2, 0) is 21.7 Å². The molecule has 1 aromatic carbocycles. The van der Waals surface area contributed by atoms with Crippen molar-refractivity contribution in [3.63, 3.8) is 0 Å². The van der Waals surface area contributed by atoms with Crippen LogP contribution in [-0.4, -0.2) is 59.3 Å². The maximum Gasteiger partial charge on any atom is 0.322 e. The number of urea groups is 1. The normalized spacial score (nSPS) is 23.7. The molecular weight excluding hydrogens is 468 g/mol. The molecule has 3 N–H and O–H groups in total. The molecule has 0 radical (unpaired) electrons. The number of nitrogens with one attached hydrogen (secondary N) is 3. The van der Waals surface area contributed by atoms with E-state index in [2.05, 4.69) is 21.0 Å². The number of imide groups is 1. The number of amides is 5. The molecule has 2 saturated heterocycles. The average molecular weight is 490 g/mol. The minimum Gasteiger partial charge on any atom is -0.497 e. The van der Waals surface area contributed by atoms with E-state index in [1.807, 2.05) is 6.07 Å². The van der Waals surface area contributed by atoms with Crippen LogP contribution in [0.4, 0.5) is 4.79 Å². The second kappa shape index (κ2) is 7.78. The molecule has 0 bridgehead atoms. The van der Waals surface area contributed by atoms with Gasteiger partial charge < -0.3 is 19.4 Å². The highest BCUT2D eigenvalue weighted by molar-refractivity contribution is 6.08. The van der Waals surface area contributed by atoms with Crippen LogP contribution in [0.2, 0.25) is 0 Å². The van der Waals surface area contributed by atoms with Crippen LogP contribution in [0, 0.1) is 0 Å². The maximum absolute atomic E-state index is 13.2. The van der Waals surface area contributed by atoms with Crippen molar-refractivity contribution in [2.75, 3.05) is 20.7 Å². The van der Waals surface area contributed by atoms with Gasteiger partial charge in [-0.3, -0.25) is 25.1 Å². The number of aromatic nitrogens is 1. The van der Waals surface area contributed by atoms with Crippen LogP contribution in [0.25, 0.3) is 11.1 Å². The van der Waals surface area contributed by atoms with Crippen molar-refractivity contribution < 1.29 is 28.3 Å². The summed E-state index contributed by atoms with van der Waals surface area (Å²) in [5.41, 5.74) is 3.43. The second-order valence-corrected chi connectivity index (χ2v) is 9.14. The fourth-order valence-corrected chi connectivity index (χ4v) is 5.05. The monoisotopic (exact) mass is 490 g/mol. The van der Waals surface area contributed by atoms with E-state index in [1.165, 1.54) is 12.0 Å². The number of hydrogen-bond donors (Lipinski definition) is 3. The van der Waals surface area contributed by atoms with E-state index in [4.69, 9.17) is 9.15 Å². The number of hydrogen-bond acceptors (Lipinski definition) is 8. The zero-order valence-electron chi connectivity index (χ0n) is 19.5. The molecule has 0 spiro atoms. The third kappa shape index (κ3) is 3.29. The molecule has 3 aliphatic rings. The minimum absolute atomic E-state index is 0.0892. The predicted octanol–water partition coefficient (Wildman–Crippen LogP) is 0.935. The Balaban J connectivity index is 1.36. The Hall–Kier alpha value is -4.45. The number of carbonyl (C=O) groups is 4. The van der Waals surface area contributed by atoms with Crippen molar-refractivity contribution in [3.8, 4) is 5.75 Å². The Morgan fingerprint density at radius 2 is 2.03 bits per heavy atom. The summed E-state index contributed by atoms with van der Waals surface area (Å²) in [7, 11) is 3.29. The van der Waals surface area contributed by atoms with Crippen molar-refractivity contribution in [1.29, 1.82) is 0 Å². The fourth-order valence-electron chi connectivity index (χ4n) is 5.05. The predicted molar refractivity (Wildman–Crippen MR) is 123 cm³/mol. The molecule has 2 aromatic heterocycles. The van der Waals surface area contributed by atoms with Crippen LogP contribution in [0.1, 0.15) is 39.7 Å². The van der Waals surface area contributed by atoms with Crippen molar-refractivity contribution in [1.82, 2.24) is 31.0 Å². The van der Waals surface area contributed by atoms with Gasteiger partial charge in [0.05, 0.1) is 19.7 Å². The Labute approximate surface area is 204 Å². The molecule has 1 unspecified atom stereocenters. The van der Waals surface area contributed by atoms with Gasteiger partial charge in [0.2, 0.25) is 11.6 Å². The van der Waals surface area contributed by atoms with E-state index >= 15 is 0 Å². The largest absolute Gasteiger partial charge is 0.497 e. The third-order valence-electron chi connectivity index (χ3n) is 6.91.